The summed E-state index contributed by atoms with van der Waals surface area (Å²) in [5.74, 6) is -1.06. The number of anilines is 1. The zero-order valence-corrected chi connectivity index (χ0v) is 11.9. The summed E-state index contributed by atoms with van der Waals surface area (Å²) in [6.45, 7) is -0.656. The molecule has 1 amide bonds. The zero-order chi connectivity index (χ0) is 16.7. The number of ether oxygens (including phenoxy) is 1. The number of aliphatic hydroxyl groups excluding tert-OH is 2. The molecule has 0 spiro atoms. The van der Waals surface area contributed by atoms with Gasteiger partial charge in [0.2, 0.25) is 0 Å². The number of hydrogen-bond acceptors (Lipinski definition) is 8. The number of phosphoric ester groups is 1. The third kappa shape index (κ3) is 3.28. The molecule has 2 rings (SSSR count). The van der Waals surface area contributed by atoms with Crippen LogP contribution in [0.4, 0.5) is 5.82 Å². The van der Waals surface area contributed by atoms with Gasteiger partial charge >= 0.3 is 7.82 Å². The van der Waals surface area contributed by atoms with E-state index < -0.39 is 44.9 Å². The van der Waals surface area contributed by atoms with Gasteiger partial charge in [0.15, 0.2) is 11.9 Å². The smallest absolute Gasteiger partial charge is 0.387 e. The standard InChI is InChI=1S/C9H15N4O8P/c10-7-4(8(11)16)12-2-13(7)9-6(15)5(14)3(21-9)1-20-22(17,18)19/h2-3,5-6,9,14-15H,1,10H2,(H2,11,16)(H2,17,18,19)/t3-,5-,6+,9-/m1/s1. The Kier molecular flexibility index (Phi) is 4.54. The normalized spacial score (nSPS) is 28.9. The molecule has 1 saturated heterocycles. The van der Waals surface area contributed by atoms with Crippen LogP contribution >= 0.6 is 7.82 Å². The highest BCUT2D eigenvalue weighted by Crippen LogP contribution is 2.38. The Labute approximate surface area is 123 Å². The van der Waals surface area contributed by atoms with Crippen LogP contribution in [-0.4, -0.2) is 60.4 Å². The molecule has 4 atom stereocenters. The first-order valence-electron chi connectivity index (χ1n) is 5.95. The van der Waals surface area contributed by atoms with E-state index in [2.05, 4.69) is 9.51 Å². The van der Waals surface area contributed by atoms with Gasteiger partial charge in [-0.2, -0.15) is 0 Å². The number of aliphatic hydroxyl groups is 2. The van der Waals surface area contributed by atoms with Crippen LogP contribution in [0.1, 0.15) is 16.7 Å². The summed E-state index contributed by atoms with van der Waals surface area (Å²) in [6.07, 6.45) is -4.33. The van der Waals surface area contributed by atoms with E-state index in [-0.39, 0.29) is 11.5 Å². The molecule has 0 unspecified atom stereocenters. The van der Waals surface area contributed by atoms with Gasteiger partial charge < -0.3 is 36.2 Å². The number of nitrogen functional groups attached to an aromatic ring is 1. The fraction of sp³-hybridized carbons (Fsp3) is 0.556. The fourth-order valence-corrected chi connectivity index (χ4v) is 2.37. The molecule has 22 heavy (non-hydrogen) atoms. The fourth-order valence-electron chi connectivity index (χ4n) is 2.03. The third-order valence-electron chi connectivity index (χ3n) is 3.08. The number of amides is 1. The molecule has 1 aliphatic heterocycles. The second-order valence-corrected chi connectivity index (χ2v) is 5.82. The first kappa shape index (κ1) is 16.8. The van der Waals surface area contributed by atoms with Gasteiger partial charge in [-0.05, 0) is 0 Å². The lowest BCUT2D eigenvalue weighted by Gasteiger charge is -2.17. The van der Waals surface area contributed by atoms with Crippen molar-refractivity contribution in [3.63, 3.8) is 0 Å². The maximum atomic E-state index is 11.1. The second kappa shape index (κ2) is 5.93. The number of primary amides is 1. The van der Waals surface area contributed by atoms with Gasteiger partial charge in [0.25, 0.3) is 5.91 Å². The summed E-state index contributed by atoms with van der Waals surface area (Å²) in [5, 5.41) is 19.8. The van der Waals surface area contributed by atoms with E-state index >= 15 is 0 Å². The molecular weight excluding hydrogens is 323 g/mol. The van der Waals surface area contributed by atoms with E-state index in [0.29, 0.717) is 0 Å². The van der Waals surface area contributed by atoms with Crippen molar-refractivity contribution in [1.82, 2.24) is 9.55 Å². The van der Waals surface area contributed by atoms with Gasteiger partial charge in [-0.3, -0.25) is 13.9 Å². The number of phosphoric acid groups is 1. The van der Waals surface area contributed by atoms with Crippen LogP contribution in [0.5, 0.6) is 0 Å². The molecule has 1 fully saturated rings. The number of imidazole rings is 1. The molecule has 0 bridgehead atoms. The molecule has 2 heterocycles. The molecule has 1 aliphatic rings. The predicted molar refractivity (Wildman–Crippen MR) is 69.1 cm³/mol. The molecule has 8 N–H and O–H groups in total. The van der Waals surface area contributed by atoms with E-state index in [1.807, 2.05) is 0 Å². The number of carbonyl (C=O) groups excluding carboxylic acids is 1. The van der Waals surface area contributed by atoms with Gasteiger partial charge in [0, 0.05) is 0 Å². The Morgan fingerprint density at radius 1 is 1.45 bits per heavy atom. The lowest BCUT2D eigenvalue weighted by molar-refractivity contribution is -0.0510. The summed E-state index contributed by atoms with van der Waals surface area (Å²) >= 11 is 0. The lowest BCUT2D eigenvalue weighted by atomic mass is 10.1. The van der Waals surface area contributed by atoms with Gasteiger partial charge in [0.1, 0.15) is 24.1 Å². The van der Waals surface area contributed by atoms with Crippen molar-refractivity contribution in [2.24, 2.45) is 5.73 Å². The Bertz CT molecular complexity index is 615. The minimum absolute atomic E-state index is 0.180. The van der Waals surface area contributed by atoms with Gasteiger partial charge in [-0.15, -0.1) is 0 Å². The zero-order valence-electron chi connectivity index (χ0n) is 11.0. The monoisotopic (exact) mass is 338 g/mol. The average molecular weight is 338 g/mol. The first-order valence-corrected chi connectivity index (χ1v) is 7.48. The molecule has 12 nitrogen and oxygen atoms in total. The summed E-state index contributed by atoms with van der Waals surface area (Å²) in [5.41, 5.74) is 10.5. The largest absolute Gasteiger partial charge is 0.469 e. The highest BCUT2D eigenvalue weighted by Gasteiger charge is 2.45. The molecule has 0 aromatic carbocycles. The average Bonchev–Trinajstić information content (AvgIpc) is 2.90. The molecule has 0 saturated carbocycles. The molecular formula is C9H15N4O8P. The number of nitrogens with two attached hydrogens (primary N) is 2. The topological polar surface area (TPSA) is 203 Å². The molecule has 13 heteroatoms. The molecule has 1 aromatic rings. The maximum absolute atomic E-state index is 11.1. The van der Waals surface area contributed by atoms with Crippen LogP contribution in [0, 0.1) is 0 Å². The SMILES string of the molecule is NC(=O)c1ncn([C@@H]2O[C@H](COP(=O)(O)O)[C@@H](O)[C@@H]2O)c1N. The quantitative estimate of drug-likeness (QED) is 0.306. The number of rotatable bonds is 5. The van der Waals surface area contributed by atoms with Crippen molar-refractivity contribution in [3.8, 4) is 0 Å². The molecule has 1 aromatic heterocycles. The van der Waals surface area contributed by atoms with Gasteiger partial charge in [-0.1, -0.05) is 0 Å². The number of carbonyl (C=O) groups is 1. The van der Waals surface area contributed by atoms with Crippen molar-refractivity contribution >= 4 is 19.5 Å². The van der Waals surface area contributed by atoms with Crippen LogP contribution in [0.25, 0.3) is 0 Å². The highest BCUT2D eigenvalue weighted by molar-refractivity contribution is 7.46. The summed E-state index contributed by atoms with van der Waals surface area (Å²) in [7, 11) is -4.75. The van der Waals surface area contributed by atoms with E-state index in [1.54, 1.807) is 0 Å². The number of hydrogen-bond donors (Lipinski definition) is 6. The summed E-state index contributed by atoms with van der Waals surface area (Å²) < 4.78 is 21.2. The van der Waals surface area contributed by atoms with Gasteiger partial charge in [-0.25, -0.2) is 9.55 Å². The van der Waals surface area contributed by atoms with Crippen LogP contribution in [0.3, 0.4) is 0 Å². The van der Waals surface area contributed by atoms with Crippen LogP contribution in [0.15, 0.2) is 6.33 Å². The Morgan fingerprint density at radius 2 is 2.09 bits per heavy atom. The Hall–Kier alpha value is -1.53. The first-order chi connectivity index (χ1) is 10.1. The molecule has 124 valence electrons. The van der Waals surface area contributed by atoms with Crippen LogP contribution in [0.2, 0.25) is 0 Å². The summed E-state index contributed by atoms with van der Waals surface area (Å²) in [4.78, 5) is 32.0. The highest BCUT2D eigenvalue weighted by atomic mass is 31.2. The van der Waals surface area contributed by atoms with E-state index in [0.717, 1.165) is 10.9 Å². The summed E-state index contributed by atoms with van der Waals surface area (Å²) in [6, 6.07) is 0. The van der Waals surface area contributed by atoms with Crippen molar-refractivity contribution in [1.29, 1.82) is 0 Å². The van der Waals surface area contributed by atoms with E-state index in [9.17, 15) is 19.6 Å². The van der Waals surface area contributed by atoms with Gasteiger partial charge in [0.05, 0.1) is 12.9 Å². The van der Waals surface area contributed by atoms with Crippen LogP contribution in [-0.2, 0) is 13.8 Å². The second-order valence-electron chi connectivity index (χ2n) is 4.58. The number of nitrogens with zero attached hydrogens (tertiary/aromatic N) is 2. The van der Waals surface area contributed by atoms with Crippen molar-refractivity contribution in [2.45, 2.75) is 24.5 Å². The van der Waals surface area contributed by atoms with E-state index in [4.69, 9.17) is 26.0 Å². The van der Waals surface area contributed by atoms with E-state index in [1.165, 1.54) is 0 Å². The minimum Gasteiger partial charge on any atom is -0.387 e. The third-order valence-corrected chi connectivity index (χ3v) is 3.57. The predicted octanol–water partition coefficient (Wildman–Crippen LogP) is -2.71. The minimum atomic E-state index is -4.75. The van der Waals surface area contributed by atoms with Crippen LogP contribution < -0.4 is 11.5 Å². The molecule has 0 radical (unpaired) electrons. The molecule has 0 aliphatic carbocycles. The Balaban J connectivity index is 2.16. The van der Waals surface area contributed by atoms with Crippen molar-refractivity contribution in [2.75, 3.05) is 12.3 Å². The number of aromatic nitrogens is 2. The maximum Gasteiger partial charge on any atom is 0.469 e. The van der Waals surface area contributed by atoms with Crippen molar-refractivity contribution < 1.29 is 38.6 Å². The van der Waals surface area contributed by atoms with Crippen molar-refractivity contribution in [3.05, 3.63) is 12.0 Å². The lowest BCUT2D eigenvalue weighted by Crippen LogP contribution is -2.33. The Morgan fingerprint density at radius 3 is 2.59 bits per heavy atom.